The minimum absolute atomic E-state index is 0.934. The quantitative estimate of drug-likeness (QED) is 0.797. The maximum atomic E-state index is 5.11. The second-order valence-corrected chi connectivity index (χ2v) is 2.71. The monoisotopic (exact) mass is 195 g/mol. The van der Waals surface area contributed by atoms with E-state index < -0.39 is 0 Å². The van der Waals surface area contributed by atoms with Crippen LogP contribution in [0.3, 0.4) is 0 Å². The molecule has 0 aliphatic rings. The van der Waals surface area contributed by atoms with E-state index in [1.165, 1.54) is 5.56 Å². The van der Waals surface area contributed by atoms with Gasteiger partial charge in [-0.2, -0.15) is 0 Å². The van der Waals surface area contributed by atoms with Gasteiger partial charge in [-0.1, -0.05) is 26.0 Å². The average Bonchev–Trinajstić information content (AvgIpc) is 2.29. The topological polar surface area (TPSA) is 21.3 Å². The molecule has 0 heterocycles. The first kappa shape index (κ1) is 13.0. The molecule has 0 fully saturated rings. The van der Waals surface area contributed by atoms with Crippen LogP contribution in [0.5, 0.6) is 5.75 Å². The van der Waals surface area contributed by atoms with Crippen LogP contribution in [0.1, 0.15) is 19.4 Å². The molecule has 1 aromatic rings. The molecule has 0 atom stereocenters. The zero-order valence-corrected chi connectivity index (χ0v) is 9.63. The van der Waals surface area contributed by atoms with Crippen LogP contribution in [0.4, 0.5) is 0 Å². The van der Waals surface area contributed by atoms with Gasteiger partial charge >= 0.3 is 0 Å². The zero-order chi connectivity index (χ0) is 10.8. The van der Waals surface area contributed by atoms with Crippen molar-refractivity contribution in [1.29, 1.82) is 0 Å². The van der Waals surface area contributed by atoms with E-state index in [9.17, 15) is 0 Å². The van der Waals surface area contributed by atoms with Crippen LogP contribution in [0, 0.1) is 0 Å². The first-order valence-corrected chi connectivity index (χ1v) is 5.14. The predicted molar refractivity (Wildman–Crippen MR) is 62.0 cm³/mol. The van der Waals surface area contributed by atoms with Gasteiger partial charge in [-0.15, -0.1) is 0 Å². The molecule has 1 N–H and O–H groups in total. The Hall–Kier alpha value is -1.02. The standard InChI is InChI=1S/C10H15NO.C2H6/c1-11-7-6-9-4-3-5-10(8-9)12-2;1-2/h3-5,8,11H,6-7H2,1-2H3;1-2H3. The summed E-state index contributed by atoms with van der Waals surface area (Å²) in [5, 5.41) is 3.11. The molecule has 0 aliphatic carbocycles. The molecule has 80 valence electrons. The number of methoxy groups -OCH3 is 1. The summed E-state index contributed by atoms with van der Waals surface area (Å²) in [6.07, 6.45) is 1.05. The van der Waals surface area contributed by atoms with Crippen molar-refractivity contribution in [1.82, 2.24) is 5.32 Å². The van der Waals surface area contributed by atoms with E-state index in [2.05, 4.69) is 17.4 Å². The molecule has 1 rings (SSSR count). The highest BCUT2D eigenvalue weighted by molar-refractivity contribution is 5.28. The zero-order valence-electron chi connectivity index (χ0n) is 9.63. The van der Waals surface area contributed by atoms with Crippen molar-refractivity contribution in [2.24, 2.45) is 0 Å². The number of nitrogens with one attached hydrogen (secondary N) is 1. The molecule has 0 spiro atoms. The van der Waals surface area contributed by atoms with E-state index >= 15 is 0 Å². The average molecular weight is 195 g/mol. The van der Waals surface area contributed by atoms with Crippen LogP contribution < -0.4 is 10.1 Å². The summed E-state index contributed by atoms with van der Waals surface area (Å²) in [5.41, 5.74) is 1.31. The Balaban J connectivity index is 0.000000791. The maximum absolute atomic E-state index is 5.11. The largest absolute Gasteiger partial charge is 0.497 e. The van der Waals surface area contributed by atoms with Crippen LogP contribution >= 0.6 is 0 Å². The lowest BCUT2D eigenvalue weighted by Gasteiger charge is -2.03. The van der Waals surface area contributed by atoms with Crippen molar-refractivity contribution in [2.45, 2.75) is 20.3 Å². The normalized spacial score (nSPS) is 8.86. The summed E-state index contributed by atoms with van der Waals surface area (Å²) in [7, 11) is 3.65. The Labute approximate surface area is 87.3 Å². The van der Waals surface area contributed by atoms with Gasteiger partial charge < -0.3 is 10.1 Å². The van der Waals surface area contributed by atoms with Crippen molar-refractivity contribution in [2.75, 3.05) is 20.7 Å². The maximum Gasteiger partial charge on any atom is 0.119 e. The summed E-state index contributed by atoms with van der Waals surface area (Å²) in [4.78, 5) is 0. The molecule has 14 heavy (non-hydrogen) atoms. The number of hydrogen-bond donors (Lipinski definition) is 1. The molecule has 0 unspecified atom stereocenters. The van der Waals surface area contributed by atoms with E-state index in [-0.39, 0.29) is 0 Å². The van der Waals surface area contributed by atoms with Gasteiger partial charge in [0, 0.05) is 0 Å². The van der Waals surface area contributed by atoms with Crippen LogP contribution in [0.2, 0.25) is 0 Å². The SMILES string of the molecule is CC.CNCCc1cccc(OC)c1. The van der Waals surface area contributed by atoms with Gasteiger partial charge in [0.2, 0.25) is 0 Å². The highest BCUT2D eigenvalue weighted by atomic mass is 16.5. The second kappa shape index (κ2) is 8.57. The van der Waals surface area contributed by atoms with Crippen LogP contribution in [-0.2, 0) is 6.42 Å². The van der Waals surface area contributed by atoms with Crippen molar-refractivity contribution in [3.63, 3.8) is 0 Å². The van der Waals surface area contributed by atoms with Gasteiger partial charge in [-0.05, 0) is 37.7 Å². The molecular weight excluding hydrogens is 174 g/mol. The molecule has 1 aromatic carbocycles. The van der Waals surface area contributed by atoms with Gasteiger partial charge in [-0.3, -0.25) is 0 Å². The van der Waals surface area contributed by atoms with Crippen LogP contribution in [0.25, 0.3) is 0 Å². The third-order valence-corrected chi connectivity index (χ3v) is 1.80. The third kappa shape index (κ3) is 4.87. The Morgan fingerprint density at radius 1 is 1.29 bits per heavy atom. The van der Waals surface area contributed by atoms with Gasteiger partial charge in [0.25, 0.3) is 0 Å². The predicted octanol–water partition coefficient (Wildman–Crippen LogP) is 2.48. The first-order chi connectivity index (χ1) is 6.86. The van der Waals surface area contributed by atoms with E-state index in [1.54, 1.807) is 7.11 Å². The number of ether oxygens (including phenoxy) is 1. The van der Waals surface area contributed by atoms with E-state index in [0.717, 1.165) is 18.7 Å². The lowest BCUT2D eigenvalue weighted by Crippen LogP contribution is -2.10. The fraction of sp³-hybridized carbons (Fsp3) is 0.500. The molecule has 0 saturated carbocycles. The summed E-state index contributed by atoms with van der Waals surface area (Å²) in [6, 6.07) is 8.16. The van der Waals surface area contributed by atoms with Gasteiger partial charge in [0.1, 0.15) is 5.75 Å². The van der Waals surface area contributed by atoms with Crippen LogP contribution in [-0.4, -0.2) is 20.7 Å². The minimum atomic E-state index is 0.934. The molecule has 0 amide bonds. The van der Waals surface area contributed by atoms with E-state index in [0.29, 0.717) is 0 Å². The molecular formula is C12H21NO. The smallest absolute Gasteiger partial charge is 0.119 e. The van der Waals surface area contributed by atoms with Crippen molar-refractivity contribution in [3.8, 4) is 5.75 Å². The first-order valence-electron chi connectivity index (χ1n) is 5.14. The van der Waals surface area contributed by atoms with Gasteiger partial charge in [-0.25, -0.2) is 0 Å². The number of hydrogen-bond acceptors (Lipinski definition) is 2. The molecule has 2 nitrogen and oxygen atoms in total. The fourth-order valence-corrected chi connectivity index (χ4v) is 1.10. The molecule has 0 bridgehead atoms. The summed E-state index contributed by atoms with van der Waals surface area (Å²) in [5.74, 6) is 0.934. The van der Waals surface area contributed by atoms with Crippen LogP contribution in [0.15, 0.2) is 24.3 Å². The number of benzene rings is 1. The third-order valence-electron chi connectivity index (χ3n) is 1.80. The number of likely N-dealkylation sites (N-methyl/N-ethyl adjacent to an activating group) is 1. The van der Waals surface area contributed by atoms with Gasteiger partial charge in [0.05, 0.1) is 7.11 Å². The molecule has 0 saturated heterocycles. The Morgan fingerprint density at radius 3 is 2.57 bits per heavy atom. The summed E-state index contributed by atoms with van der Waals surface area (Å²) < 4.78 is 5.11. The van der Waals surface area contributed by atoms with Crippen molar-refractivity contribution in [3.05, 3.63) is 29.8 Å². The van der Waals surface area contributed by atoms with Crippen molar-refractivity contribution < 1.29 is 4.74 Å². The van der Waals surface area contributed by atoms with E-state index in [4.69, 9.17) is 4.74 Å². The molecule has 0 radical (unpaired) electrons. The lowest BCUT2D eigenvalue weighted by atomic mass is 10.1. The highest BCUT2D eigenvalue weighted by Gasteiger charge is 1.93. The van der Waals surface area contributed by atoms with Gasteiger partial charge in [0.15, 0.2) is 0 Å². The second-order valence-electron chi connectivity index (χ2n) is 2.71. The molecule has 2 heteroatoms. The lowest BCUT2D eigenvalue weighted by molar-refractivity contribution is 0.414. The highest BCUT2D eigenvalue weighted by Crippen LogP contribution is 2.12. The summed E-state index contributed by atoms with van der Waals surface area (Å²) >= 11 is 0. The molecule has 0 aromatic heterocycles. The van der Waals surface area contributed by atoms with E-state index in [1.807, 2.05) is 33.0 Å². The number of rotatable bonds is 4. The Morgan fingerprint density at radius 2 is 2.00 bits per heavy atom. The minimum Gasteiger partial charge on any atom is -0.497 e. The van der Waals surface area contributed by atoms with Crippen molar-refractivity contribution >= 4 is 0 Å². The molecule has 0 aliphatic heterocycles. The Kier molecular flexibility index (Phi) is 7.95. The summed E-state index contributed by atoms with van der Waals surface area (Å²) in [6.45, 7) is 5.01. The Bertz CT molecular complexity index is 236. The fourth-order valence-electron chi connectivity index (χ4n) is 1.10.